The van der Waals surface area contributed by atoms with Crippen molar-refractivity contribution < 1.29 is 0 Å². The molecule has 0 atom stereocenters. The first kappa shape index (κ1) is 14.8. The highest BCUT2D eigenvalue weighted by molar-refractivity contribution is 7.15. The van der Waals surface area contributed by atoms with Crippen molar-refractivity contribution in [1.29, 1.82) is 0 Å². The molecule has 2 aromatic heterocycles. The van der Waals surface area contributed by atoms with Crippen molar-refractivity contribution in [3.8, 4) is 0 Å². The Morgan fingerprint density at radius 3 is 3.05 bits per heavy atom. The summed E-state index contributed by atoms with van der Waals surface area (Å²) in [5, 5.41) is 5.65. The third-order valence-electron chi connectivity index (χ3n) is 4.08. The molecule has 0 amide bonds. The van der Waals surface area contributed by atoms with Gasteiger partial charge in [0.2, 0.25) is 0 Å². The maximum absolute atomic E-state index is 4.89. The van der Waals surface area contributed by atoms with Crippen LogP contribution < -0.4 is 10.2 Å². The van der Waals surface area contributed by atoms with Gasteiger partial charge in [-0.15, -0.1) is 11.3 Å². The molecule has 0 aromatic carbocycles. The van der Waals surface area contributed by atoms with Gasteiger partial charge in [0.1, 0.15) is 0 Å². The first-order valence-electron chi connectivity index (χ1n) is 7.88. The Hall–Kier alpha value is -1.11. The fraction of sp³-hybridized carbons (Fsp3) is 0.667. The van der Waals surface area contributed by atoms with E-state index in [1.54, 1.807) is 11.3 Å². The topological polar surface area (TPSA) is 35.8 Å². The van der Waals surface area contributed by atoms with Crippen LogP contribution in [0.5, 0.6) is 0 Å². The van der Waals surface area contributed by atoms with E-state index in [1.165, 1.54) is 24.5 Å². The fourth-order valence-corrected chi connectivity index (χ4v) is 3.61. The molecule has 1 fully saturated rings. The molecule has 2 aromatic rings. The fourth-order valence-electron chi connectivity index (χ4n) is 2.88. The van der Waals surface area contributed by atoms with Crippen LogP contribution in [-0.4, -0.2) is 54.1 Å². The summed E-state index contributed by atoms with van der Waals surface area (Å²) in [4.78, 5) is 10.9. The number of hydrogen-bond donors (Lipinski definition) is 1. The van der Waals surface area contributed by atoms with Crippen LogP contribution in [0.25, 0.3) is 4.96 Å². The van der Waals surface area contributed by atoms with Crippen molar-refractivity contribution in [1.82, 2.24) is 19.6 Å². The van der Waals surface area contributed by atoms with Crippen LogP contribution in [0.4, 0.5) is 5.82 Å². The third-order valence-corrected chi connectivity index (χ3v) is 4.83. The molecule has 0 spiro atoms. The van der Waals surface area contributed by atoms with Gasteiger partial charge in [-0.2, -0.15) is 0 Å². The minimum absolute atomic E-state index is 0.896. The molecule has 5 nitrogen and oxygen atoms in total. The Morgan fingerprint density at radius 2 is 2.19 bits per heavy atom. The van der Waals surface area contributed by atoms with Crippen LogP contribution in [0.2, 0.25) is 0 Å². The number of nitrogens with one attached hydrogen (secondary N) is 1. The second-order valence-electron chi connectivity index (χ2n) is 5.76. The number of rotatable bonds is 5. The van der Waals surface area contributed by atoms with Gasteiger partial charge in [-0.3, -0.25) is 4.40 Å². The largest absolute Gasteiger partial charge is 0.354 e. The average molecular weight is 307 g/mol. The maximum Gasteiger partial charge on any atom is 0.195 e. The zero-order valence-corrected chi connectivity index (χ0v) is 13.8. The van der Waals surface area contributed by atoms with Gasteiger partial charge >= 0.3 is 0 Å². The highest BCUT2D eigenvalue weighted by atomic mass is 32.1. The van der Waals surface area contributed by atoms with E-state index in [9.17, 15) is 0 Å². The molecular weight excluding hydrogens is 282 g/mol. The lowest BCUT2D eigenvalue weighted by atomic mass is 10.3. The molecule has 21 heavy (non-hydrogen) atoms. The molecule has 116 valence electrons. The van der Waals surface area contributed by atoms with E-state index < -0.39 is 0 Å². The van der Waals surface area contributed by atoms with E-state index in [2.05, 4.69) is 45.1 Å². The van der Waals surface area contributed by atoms with Crippen LogP contribution in [0.15, 0.2) is 11.6 Å². The molecule has 1 saturated heterocycles. The van der Waals surface area contributed by atoms with Gasteiger partial charge in [0.25, 0.3) is 0 Å². The van der Waals surface area contributed by atoms with Crippen molar-refractivity contribution in [3.05, 3.63) is 17.3 Å². The number of likely N-dealkylation sites (N-methyl/N-ethyl adjacent to an activating group) is 1. The van der Waals surface area contributed by atoms with E-state index in [4.69, 9.17) is 4.98 Å². The molecule has 0 aliphatic carbocycles. The number of hydrogen-bond acceptors (Lipinski definition) is 5. The van der Waals surface area contributed by atoms with E-state index in [0.717, 1.165) is 44.1 Å². The number of imidazole rings is 1. The highest BCUT2D eigenvalue weighted by Crippen LogP contribution is 2.25. The third kappa shape index (κ3) is 3.22. The Morgan fingerprint density at radius 1 is 1.29 bits per heavy atom. The van der Waals surface area contributed by atoms with Gasteiger partial charge in [-0.05, 0) is 33.0 Å². The molecular formula is C15H25N5S. The highest BCUT2D eigenvalue weighted by Gasteiger charge is 2.20. The van der Waals surface area contributed by atoms with E-state index >= 15 is 0 Å². The number of nitrogens with zero attached hydrogens (tertiary/aromatic N) is 4. The first-order chi connectivity index (χ1) is 10.3. The van der Waals surface area contributed by atoms with Gasteiger partial charge in [-0.1, -0.05) is 6.92 Å². The lowest BCUT2D eigenvalue weighted by Gasteiger charge is -2.22. The minimum atomic E-state index is 0.896. The van der Waals surface area contributed by atoms with Crippen LogP contribution in [0, 0.1) is 0 Å². The number of anilines is 1. The van der Waals surface area contributed by atoms with Gasteiger partial charge in [0.05, 0.1) is 5.69 Å². The molecule has 0 unspecified atom stereocenters. The van der Waals surface area contributed by atoms with Crippen LogP contribution in [0.1, 0.15) is 25.5 Å². The van der Waals surface area contributed by atoms with Gasteiger partial charge < -0.3 is 15.1 Å². The van der Waals surface area contributed by atoms with Gasteiger partial charge in [0.15, 0.2) is 10.8 Å². The Bertz CT molecular complexity index is 576. The summed E-state index contributed by atoms with van der Waals surface area (Å²) in [5.41, 5.74) is 1.31. The standard InChI is InChI=1S/C15H25N5S/c1-3-5-16-12-13-14(17-15-20(13)10-11-21-15)19-7-4-6-18(2)8-9-19/h10-11,16H,3-9,12H2,1-2H3. The van der Waals surface area contributed by atoms with Crippen LogP contribution in [0.3, 0.4) is 0 Å². The molecule has 3 rings (SSSR count). The van der Waals surface area contributed by atoms with Crippen molar-refractivity contribution >= 4 is 22.1 Å². The Labute approximate surface area is 130 Å². The quantitative estimate of drug-likeness (QED) is 0.858. The van der Waals surface area contributed by atoms with Crippen LogP contribution in [-0.2, 0) is 6.54 Å². The second-order valence-corrected chi connectivity index (χ2v) is 6.63. The lowest BCUT2D eigenvalue weighted by Crippen LogP contribution is -2.30. The second kappa shape index (κ2) is 6.77. The van der Waals surface area contributed by atoms with Crippen molar-refractivity contribution in [2.45, 2.75) is 26.3 Å². The molecule has 6 heteroatoms. The lowest BCUT2D eigenvalue weighted by molar-refractivity contribution is 0.360. The molecule has 1 aliphatic rings. The minimum Gasteiger partial charge on any atom is -0.354 e. The monoisotopic (exact) mass is 307 g/mol. The summed E-state index contributed by atoms with van der Waals surface area (Å²) < 4.78 is 2.25. The maximum atomic E-state index is 4.89. The molecule has 0 bridgehead atoms. The van der Waals surface area contributed by atoms with E-state index in [-0.39, 0.29) is 0 Å². The number of thiazole rings is 1. The summed E-state index contributed by atoms with van der Waals surface area (Å²) >= 11 is 1.72. The summed E-state index contributed by atoms with van der Waals surface area (Å²) in [7, 11) is 2.21. The molecule has 0 saturated carbocycles. The van der Waals surface area contributed by atoms with Gasteiger partial charge in [0, 0.05) is 37.8 Å². The normalized spacial score (nSPS) is 17.5. The molecule has 1 N–H and O–H groups in total. The van der Waals surface area contributed by atoms with Gasteiger partial charge in [-0.25, -0.2) is 4.98 Å². The predicted octanol–water partition coefficient (Wildman–Crippen LogP) is 2.04. The molecule has 0 radical (unpaired) electrons. The zero-order chi connectivity index (χ0) is 14.7. The summed E-state index contributed by atoms with van der Waals surface area (Å²) in [6, 6.07) is 0. The van der Waals surface area contributed by atoms with E-state index in [0.29, 0.717) is 0 Å². The SMILES string of the molecule is CCCNCc1c(N2CCCN(C)CC2)nc2sccn12. The average Bonchev–Trinajstić information content (AvgIpc) is 2.98. The molecule has 1 aliphatic heterocycles. The first-order valence-corrected chi connectivity index (χ1v) is 8.76. The summed E-state index contributed by atoms with van der Waals surface area (Å²) in [6.45, 7) is 8.63. The Balaban J connectivity index is 1.85. The summed E-state index contributed by atoms with van der Waals surface area (Å²) in [6.07, 6.45) is 4.52. The van der Waals surface area contributed by atoms with Crippen molar-refractivity contribution in [2.75, 3.05) is 44.7 Å². The molecule has 3 heterocycles. The predicted molar refractivity (Wildman–Crippen MR) is 89.4 cm³/mol. The smallest absolute Gasteiger partial charge is 0.195 e. The van der Waals surface area contributed by atoms with E-state index in [1.807, 2.05) is 0 Å². The van der Waals surface area contributed by atoms with Crippen molar-refractivity contribution in [2.24, 2.45) is 0 Å². The number of aromatic nitrogens is 2. The Kier molecular flexibility index (Phi) is 4.77. The number of fused-ring (bicyclic) bond motifs is 1. The summed E-state index contributed by atoms with van der Waals surface area (Å²) in [5.74, 6) is 1.18. The van der Waals surface area contributed by atoms with Crippen molar-refractivity contribution in [3.63, 3.8) is 0 Å². The zero-order valence-electron chi connectivity index (χ0n) is 13.0. The van der Waals surface area contributed by atoms with Crippen LogP contribution >= 0.6 is 11.3 Å².